The van der Waals surface area contributed by atoms with E-state index in [2.05, 4.69) is 5.38 Å². The number of aryl methyl sites for hydroxylation is 1. The number of nitrogens with zero attached hydrogens (tertiary/aromatic N) is 1. The van der Waals surface area contributed by atoms with Crippen LogP contribution >= 0.6 is 11.3 Å². The lowest BCUT2D eigenvalue weighted by Crippen LogP contribution is -2.41. The quantitative estimate of drug-likeness (QED) is 0.670. The first-order valence-corrected chi connectivity index (χ1v) is 5.99. The summed E-state index contributed by atoms with van der Waals surface area (Å²) in [6.07, 6.45) is 0.933. The zero-order valence-electron chi connectivity index (χ0n) is 8.87. The van der Waals surface area contributed by atoms with Crippen molar-refractivity contribution in [2.24, 2.45) is 0 Å². The normalized spacial score (nSPS) is 29.2. The van der Waals surface area contributed by atoms with Gasteiger partial charge in [-0.25, -0.2) is 0 Å². The molecule has 3 rings (SSSR count). The van der Waals surface area contributed by atoms with Gasteiger partial charge in [-0.3, -0.25) is 4.79 Å². The highest BCUT2D eigenvalue weighted by Crippen LogP contribution is 2.47. The molecule has 1 unspecified atom stereocenters. The van der Waals surface area contributed by atoms with Gasteiger partial charge in [0, 0.05) is 25.0 Å². The molecule has 0 radical (unpaired) electrons. The number of thiophene rings is 1. The predicted octanol–water partition coefficient (Wildman–Crippen LogP) is 1.76. The largest absolute Gasteiger partial charge is 0.379 e. The van der Waals surface area contributed by atoms with Gasteiger partial charge in [0.2, 0.25) is 0 Å². The SMILES string of the molecule is Cc1csc2c1C(=O)N(C)C21CCOC1. The molecule has 1 saturated heterocycles. The fraction of sp³-hybridized carbons (Fsp3) is 0.545. The lowest BCUT2D eigenvalue weighted by molar-refractivity contribution is 0.0587. The van der Waals surface area contributed by atoms with Crippen molar-refractivity contribution in [3.8, 4) is 0 Å². The lowest BCUT2D eigenvalue weighted by atomic mass is 9.96. The van der Waals surface area contributed by atoms with Gasteiger partial charge in [-0.15, -0.1) is 11.3 Å². The second-order valence-corrected chi connectivity index (χ2v) is 5.20. The number of amides is 1. The van der Waals surface area contributed by atoms with E-state index in [9.17, 15) is 4.79 Å². The van der Waals surface area contributed by atoms with E-state index in [0.29, 0.717) is 6.61 Å². The van der Waals surface area contributed by atoms with Crippen LogP contribution in [0.15, 0.2) is 5.38 Å². The average Bonchev–Trinajstić information content (AvgIpc) is 2.86. The van der Waals surface area contributed by atoms with Crippen LogP contribution in [0.1, 0.15) is 27.2 Å². The van der Waals surface area contributed by atoms with Crippen LogP contribution in [0.4, 0.5) is 0 Å². The van der Waals surface area contributed by atoms with Gasteiger partial charge in [0.1, 0.15) is 5.54 Å². The number of fused-ring (bicyclic) bond motifs is 2. The topological polar surface area (TPSA) is 29.5 Å². The van der Waals surface area contributed by atoms with Crippen LogP contribution in [-0.4, -0.2) is 31.1 Å². The molecule has 0 N–H and O–H groups in total. The molecule has 1 atom stereocenters. The Balaban J connectivity index is 2.22. The van der Waals surface area contributed by atoms with E-state index in [4.69, 9.17) is 4.74 Å². The van der Waals surface area contributed by atoms with Gasteiger partial charge < -0.3 is 9.64 Å². The van der Waals surface area contributed by atoms with Crippen LogP contribution in [0.5, 0.6) is 0 Å². The summed E-state index contributed by atoms with van der Waals surface area (Å²) in [5.74, 6) is 0.161. The van der Waals surface area contributed by atoms with Gasteiger partial charge in [-0.2, -0.15) is 0 Å². The zero-order valence-corrected chi connectivity index (χ0v) is 9.69. The van der Waals surface area contributed by atoms with E-state index >= 15 is 0 Å². The second kappa shape index (κ2) is 2.83. The standard InChI is InChI=1S/C11H13NO2S/c1-7-5-15-9-8(7)10(13)12(2)11(9)3-4-14-6-11/h5H,3-4,6H2,1-2H3. The fourth-order valence-corrected chi connectivity index (χ4v) is 3.86. The molecule has 4 heteroatoms. The number of ether oxygens (including phenoxy) is 1. The third-order valence-corrected chi connectivity index (χ3v) is 4.85. The first-order valence-electron chi connectivity index (χ1n) is 5.11. The smallest absolute Gasteiger partial charge is 0.255 e. The Bertz CT molecular complexity index is 432. The monoisotopic (exact) mass is 223 g/mol. The highest BCUT2D eigenvalue weighted by molar-refractivity contribution is 7.10. The van der Waals surface area contributed by atoms with E-state index in [1.807, 2.05) is 18.9 Å². The van der Waals surface area contributed by atoms with Crippen molar-refractivity contribution in [3.63, 3.8) is 0 Å². The molecular weight excluding hydrogens is 210 g/mol. The van der Waals surface area contributed by atoms with Gasteiger partial charge in [0.25, 0.3) is 5.91 Å². The molecule has 0 bridgehead atoms. The van der Waals surface area contributed by atoms with Crippen molar-refractivity contribution >= 4 is 17.2 Å². The molecule has 1 fully saturated rings. The summed E-state index contributed by atoms with van der Waals surface area (Å²) in [6.45, 7) is 3.42. The highest BCUT2D eigenvalue weighted by Gasteiger charge is 2.51. The van der Waals surface area contributed by atoms with E-state index < -0.39 is 0 Å². The molecule has 1 aromatic heterocycles. The number of hydrogen-bond acceptors (Lipinski definition) is 3. The third kappa shape index (κ3) is 0.961. The summed E-state index contributed by atoms with van der Waals surface area (Å²) in [4.78, 5) is 15.2. The first kappa shape index (κ1) is 9.36. The van der Waals surface area contributed by atoms with E-state index in [1.165, 1.54) is 4.88 Å². The van der Waals surface area contributed by atoms with E-state index in [0.717, 1.165) is 24.2 Å². The molecular formula is C11H13NO2S. The Morgan fingerprint density at radius 1 is 1.60 bits per heavy atom. The minimum Gasteiger partial charge on any atom is -0.379 e. The number of likely N-dealkylation sites (N-methyl/N-ethyl adjacent to an activating group) is 1. The summed E-state index contributed by atoms with van der Waals surface area (Å²) in [6, 6.07) is 0. The maximum absolute atomic E-state index is 12.1. The fourth-order valence-electron chi connectivity index (χ4n) is 2.56. The van der Waals surface area contributed by atoms with Crippen molar-refractivity contribution in [1.82, 2.24) is 4.90 Å². The molecule has 3 heterocycles. The van der Waals surface area contributed by atoms with Gasteiger partial charge in [0.15, 0.2) is 0 Å². The second-order valence-electron chi connectivity index (χ2n) is 4.32. The molecule has 15 heavy (non-hydrogen) atoms. The Hall–Kier alpha value is -0.870. The van der Waals surface area contributed by atoms with Gasteiger partial charge in [-0.05, 0) is 17.9 Å². The van der Waals surface area contributed by atoms with Gasteiger partial charge >= 0.3 is 0 Å². The van der Waals surface area contributed by atoms with Crippen LogP contribution in [-0.2, 0) is 10.3 Å². The lowest BCUT2D eigenvalue weighted by Gasteiger charge is -2.30. The summed E-state index contributed by atoms with van der Waals surface area (Å²) >= 11 is 1.70. The van der Waals surface area contributed by atoms with Crippen LogP contribution in [0.3, 0.4) is 0 Å². The minimum absolute atomic E-state index is 0.147. The highest BCUT2D eigenvalue weighted by atomic mass is 32.1. The van der Waals surface area contributed by atoms with Crippen molar-refractivity contribution in [1.29, 1.82) is 0 Å². The number of rotatable bonds is 0. The molecule has 0 aromatic carbocycles. The molecule has 1 spiro atoms. The van der Waals surface area contributed by atoms with Crippen LogP contribution in [0.25, 0.3) is 0 Å². The Kier molecular flexibility index (Phi) is 1.77. The number of carbonyl (C=O) groups is 1. The van der Waals surface area contributed by atoms with Gasteiger partial charge in [0.05, 0.1) is 12.2 Å². The zero-order chi connectivity index (χ0) is 10.6. The summed E-state index contributed by atoms with van der Waals surface area (Å²) < 4.78 is 5.48. The van der Waals surface area contributed by atoms with Crippen LogP contribution in [0.2, 0.25) is 0 Å². The molecule has 1 aromatic rings. The van der Waals surface area contributed by atoms with Crippen molar-refractivity contribution in [2.45, 2.75) is 18.9 Å². The Labute approximate surface area is 92.6 Å². The minimum atomic E-state index is -0.147. The first-order chi connectivity index (χ1) is 7.17. The maximum Gasteiger partial charge on any atom is 0.255 e. The Morgan fingerprint density at radius 3 is 3.07 bits per heavy atom. The van der Waals surface area contributed by atoms with Crippen molar-refractivity contribution in [3.05, 3.63) is 21.4 Å². The van der Waals surface area contributed by atoms with Crippen molar-refractivity contribution in [2.75, 3.05) is 20.3 Å². The molecule has 2 aliphatic rings. The number of carbonyl (C=O) groups excluding carboxylic acids is 1. The number of hydrogen-bond donors (Lipinski definition) is 0. The molecule has 3 nitrogen and oxygen atoms in total. The molecule has 2 aliphatic heterocycles. The maximum atomic E-state index is 12.1. The summed E-state index contributed by atoms with van der Waals surface area (Å²) in [5.41, 5.74) is 1.88. The van der Waals surface area contributed by atoms with Gasteiger partial charge in [-0.1, -0.05) is 0 Å². The Morgan fingerprint density at radius 2 is 2.40 bits per heavy atom. The van der Waals surface area contributed by atoms with Crippen LogP contribution in [0, 0.1) is 6.92 Å². The molecule has 0 saturated carbocycles. The predicted molar refractivity (Wildman–Crippen MR) is 58.3 cm³/mol. The van der Waals surface area contributed by atoms with Crippen molar-refractivity contribution < 1.29 is 9.53 Å². The molecule has 0 aliphatic carbocycles. The third-order valence-electron chi connectivity index (χ3n) is 3.56. The van der Waals surface area contributed by atoms with E-state index in [-0.39, 0.29) is 11.4 Å². The summed E-state index contributed by atoms with van der Waals surface area (Å²) in [7, 11) is 1.89. The molecule has 1 amide bonds. The summed E-state index contributed by atoms with van der Waals surface area (Å²) in [5, 5.41) is 2.08. The average molecular weight is 223 g/mol. The molecule has 80 valence electrons. The van der Waals surface area contributed by atoms with E-state index in [1.54, 1.807) is 11.3 Å². The van der Waals surface area contributed by atoms with Crippen LogP contribution < -0.4 is 0 Å².